The summed E-state index contributed by atoms with van der Waals surface area (Å²) >= 11 is 8.79. The van der Waals surface area contributed by atoms with E-state index in [0.29, 0.717) is 48.7 Å². The number of hydrogen-bond acceptors (Lipinski definition) is 10. The van der Waals surface area contributed by atoms with E-state index < -0.39 is 10.4 Å². The van der Waals surface area contributed by atoms with Gasteiger partial charge in [-0.3, -0.25) is 0 Å². The summed E-state index contributed by atoms with van der Waals surface area (Å²) in [6, 6.07) is -0.449. The van der Waals surface area contributed by atoms with Crippen LogP contribution >= 0.6 is 25.3 Å². The lowest BCUT2D eigenvalue weighted by molar-refractivity contribution is 0.371. The highest BCUT2D eigenvalue weighted by Gasteiger charge is 2.24. The Morgan fingerprint density at radius 2 is 1.30 bits per heavy atom. The molecule has 10 nitrogen and oxygen atoms in total. The Bertz CT molecular complexity index is 802. The average molecular weight is 437 g/mol. The minimum absolute atomic E-state index is 0.225. The van der Waals surface area contributed by atoms with Crippen LogP contribution < -0.4 is 19.8 Å². The van der Waals surface area contributed by atoms with Crippen molar-refractivity contribution in [2.75, 3.05) is 13.1 Å². The summed E-state index contributed by atoms with van der Waals surface area (Å²) in [5.74, 6) is 0. The lowest BCUT2D eigenvalue weighted by Crippen LogP contribution is -2.18. The number of H-pyrrole nitrogens is 2. The van der Waals surface area contributed by atoms with Gasteiger partial charge in [-0.1, -0.05) is 0 Å². The molecular weight excluding hydrogens is 412 g/mol. The van der Waals surface area contributed by atoms with Crippen molar-refractivity contribution in [3.05, 3.63) is 22.8 Å². The monoisotopic (exact) mass is 436 g/mol. The van der Waals surface area contributed by atoms with Crippen LogP contribution in [0.4, 0.5) is 0 Å². The van der Waals surface area contributed by atoms with E-state index in [0.717, 1.165) is 0 Å². The third kappa shape index (κ3) is 5.78. The average Bonchev–Trinajstić information content (AvgIpc) is 3.09. The van der Waals surface area contributed by atoms with Crippen molar-refractivity contribution in [3.63, 3.8) is 0 Å². The number of aryl methyl sites for hydroxylation is 2. The minimum Gasteiger partial charge on any atom is -0.330 e. The second-order valence-corrected chi connectivity index (χ2v) is 8.26. The summed E-state index contributed by atoms with van der Waals surface area (Å²) in [6.45, 7) is 4.31. The molecule has 152 valence electrons. The summed E-state index contributed by atoms with van der Waals surface area (Å²) < 4.78 is 34.1. The van der Waals surface area contributed by atoms with Crippen LogP contribution in [0, 0.1) is 13.8 Å². The Morgan fingerprint density at radius 3 is 1.63 bits per heavy atom. The van der Waals surface area contributed by atoms with Gasteiger partial charge in [-0.15, -0.1) is 8.42 Å². The summed E-state index contributed by atoms with van der Waals surface area (Å²) in [7, 11) is -4.46. The fraction of sp³-hybridized carbons (Fsp3) is 0.571. The van der Waals surface area contributed by atoms with Crippen molar-refractivity contribution < 1.29 is 16.8 Å². The minimum atomic E-state index is -4.46. The van der Waals surface area contributed by atoms with Crippen LogP contribution in [-0.2, 0) is 10.4 Å². The lowest BCUT2D eigenvalue weighted by Gasteiger charge is -2.06. The van der Waals surface area contributed by atoms with Crippen LogP contribution in [-0.4, -0.2) is 41.4 Å². The smallest absolute Gasteiger partial charge is 0.330 e. The maximum Gasteiger partial charge on any atom is 0.506 e. The molecule has 0 aliphatic rings. The fourth-order valence-corrected chi connectivity index (χ4v) is 3.80. The molecular formula is C14H24N6O4S3. The number of nitrogens with zero attached hydrogens (tertiary/aromatic N) is 2. The molecule has 0 fully saturated rings. The van der Waals surface area contributed by atoms with E-state index in [1.807, 2.05) is 0 Å². The number of aromatic amines is 2. The van der Waals surface area contributed by atoms with E-state index >= 15 is 0 Å². The second-order valence-electron chi connectivity index (χ2n) is 5.87. The first kappa shape index (κ1) is 21.9. The van der Waals surface area contributed by atoms with E-state index in [9.17, 15) is 8.42 Å². The number of hydrogen-bond donors (Lipinski definition) is 6. The topological polar surface area (TPSA) is 162 Å². The van der Waals surface area contributed by atoms with E-state index in [2.05, 4.69) is 45.2 Å². The van der Waals surface area contributed by atoms with Crippen molar-refractivity contribution in [2.45, 2.75) is 37.2 Å². The number of aromatic nitrogens is 4. The quantitative estimate of drug-likeness (QED) is 0.302. The molecule has 0 aromatic carbocycles. The first-order valence-corrected chi connectivity index (χ1v) is 10.6. The first-order valence-electron chi connectivity index (χ1n) is 8.20. The SMILES string of the molecule is Cc1[nH]c(OS(=O)(=O)Oc2nc(C(S)CCN)c(C)[nH]2)nc1C(S)CCN. The van der Waals surface area contributed by atoms with Crippen LogP contribution in [0.5, 0.6) is 12.0 Å². The predicted molar refractivity (Wildman–Crippen MR) is 108 cm³/mol. The van der Waals surface area contributed by atoms with Crippen molar-refractivity contribution in [1.29, 1.82) is 0 Å². The Morgan fingerprint density at radius 1 is 0.926 bits per heavy atom. The number of rotatable bonds is 10. The van der Waals surface area contributed by atoms with Crippen molar-refractivity contribution in [1.82, 2.24) is 19.9 Å². The normalized spacial score (nSPS) is 14.1. The van der Waals surface area contributed by atoms with Gasteiger partial charge in [-0.05, 0) is 39.8 Å². The molecule has 6 N–H and O–H groups in total. The van der Waals surface area contributed by atoms with Gasteiger partial charge in [-0.25, -0.2) is 0 Å². The van der Waals surface area contributed by atoms with Crippen LogP contribution in [0.2, 0.25) is 0 Å². The zero-order valence-electron chi connectivity index (χ0n) is 15.0. The molecule has 0 aliphatic carbocycles. The second kappa shape index (κ2) is 9.19. The van der Waals surface area contributed by atoms with Crippen molar-refractivity contribution >= 4 is 35.7 Å². The highest BCUT2D eigenvalue weighted by Crippen LogP contribution is 2.28. The summed E-state index contributed by atoms with van der Waals surface area (Å²) in [5.41, 5.74) is 13.4. The number of imidazole rings is 2. The van der Waals surface area contributed by atoms with Gasteiger partial charge in [0, 0.05) is 21.9 Å². The molecule has 0 saturated carbocycles. The largest absolute Gasteiger partial charge is 0.506 e. The Kier molecular flexibility index (Phi) is 7.45. The molecule has 27 heavy (non-hydrogen) atoms. The lowest BCUT2D eigenvalue weighted by atomic mass is 10.2. The molecule has 2 aromatic rings. The van der Waals surface area contributed by atoms with Gasteiger partial charge in [0.15, 0.2) is 0 Å². The van der Waals surface area contributed by atoms with Crippen LogP contribution in [0.25, 0.3) is 0 Å². The maximum absolute atomic E-state index is 12.2. The highest BCUT2D eigenvalue weighted by molar-refractivity contribution is 7.82. The fourth-order valence-electron chi connectivity index (χ4n) is 2.42. The molecule has 0 spiro atoms. The molecule has 0 radical (unpaired) electrons. The Hall–Kier alpha value is -1.41. The summed E-state index contributed by atoms with van der Waals surface area (Å²) in [5, 5.41) is -0.477. The third-order valence-electron chi connectivity index (χ3n) is 3.67. The summed E-state index contributed by atoms with van der Waals surface area (Å²) in [6.07, 6.45) is 1.17. The summed E-state index contributed by atoms with van der Waals surface area (Å²) in [4.78, 5) is 13.7. The van der Waals surface area contributed by atoms with E-state index in [-0.39, 0.29) is 22.5 Å². The molecule has 2 unspecified atom stereocenters. The van der Waals surface area contributed by atoms with Gasteiger partial charge in [0.1, 0.15) is 0 Å². The zero-order valence-corrected chi connectivity index (χ0v) is 17.6. The molecule has 2 heterocycles. The van der Waals surface area contributed by atoms with Crippen LogP contribution in [0.3, 0.4) is 0 Å². The predicted octanol–water partition coefficient (Wildman–Crippen LogP) is 1.09. The van der Waals surface area contributed by atoms with E-state index in [1.54, 1.807) is 13.8 Å². The Labute approximate surface area is 169 Å². The molecule has 0 saturated heterocycles. The number of thiol groups is 2. The van der Waals surface area contributed by atoms with Gasteiger partial charge in [0.05, 0.1) is 11.4 Å². The molecule has 2 atom stereocenters. The Balaban J connectivity index is 2.12. The molecule has 2 rings (SSSR count). The third-order valence-corrected chi connectivity index (χ3v) is 5.40. The number of nitrogens with one attached hydrogen (secondary N) is 2. The van der Waals surface area contributed by atoms with Crippen molar-refractivity contribution in [3.8, 4) is 12.0 Å². The van der Waals surface area contributed by atoms with Gasteiger partial charge in [0.2, 0.25) is 0 Å². The highest BCUT2D eigenvalue weighted by atomic mass is 32.3. The van der Waals surface area contributed by atoms with E-state index in [4.69, 9.17) is 19.8 Å². The van der Waals surface area contributed by atoms with E-state index in [1.165, 1.54) is 0 Å². The molecule has 0 aliphatic heterocycles. The molecule has 0 amide bonds. The van der Waals surface area contributed by atoms with Gasteiger partial charge < -0.3 is 29.8 Å². The van der Waals surface area contributed by atoms with Crippen LogP contribution in [0.1, 0.15) is 46.1 Å². The molecule has 13 heteroatoms. The van der Waals surface area contributed by atoms with Crippen LogP contribution in [0.15, 0.2) is 0 Å². The van der Waals surface area contributed by atoms with Crippen molar-refractivity contribution in [2.24, 2.45) is 11.5 Å². The van der Waals surface area contributed by atoms with Gasteiger partial charge >= 0.3 is 22.4 Å². The maximum atomic E-state index is 12.2. The number of nitrogens with two attached hydrogens (primary N) is 2. The zero-order chi connectivity index (χ0) is 20.2. The molecule has 0 bridgehead atoms. The molecule has 2 aromatic heterocycles. The standard InChI is InChI=1S/C14H24N6O4S3/c1-7-11(9(25)3-5-15)19-13(17-7)23-27(21,22)24-14-18-8(2)12(20-14)10(26)4-6-16/h9-10,25-26H,3-6,15-16H2,1-2H3,(H,17,19)(H,18,20). The van der Waals surface area contributed by atoms with Gasteiger partial charge in [0.25, 0.3) is 0 Å². The first-order chi connectivity index (χ1) is 12.7. The van der Waals surface area contributed by atoms with Gasteiger partial charge in [-0.2, -0.15) is 35.2 Å².